The van der Waals surface area contributed by atoms with Gasteiger partial charge in [0.1, 0.15) is 6.10 Å². The smallest absolute Gasteiger partial charge is 0.220 e. The Balaban J connectivity index is 3.58. The normalized spacial score (nSPS) is 13.5. The molecule has 60 heavy (non-hydrogen) atoms. The highest BCUT2D eigenvalue weighted by atomic mass is 16.3. The molecule has 4 N–H and O–H groups in total. The van der Waals surface area contributed by atoms with Gasteiger partial charge in [-0.05, 0) is 51.4 Å². The topological polar surface area (TPSA) is 89.8 Å². The number of amides is 1. The van der Waals surface area contributed by atoms with Crippen LogP contribution in [-0.2, 0) is 4.79 Å². The van der Waals surface area contributed by atoms with E-state index >= 15 is 0 Å². The van der Waals surface area contributed by atoms with Gasteiger partial charge in [-0.25, -0.2) is 0 Å². The summed E-state index contributed by atoms with van der Waals surface area (Å²) in [5.74, 6) is -0.152. The predicted octanol–water partition coefficient (Wildman–Crippen LogP) is 16.5. The second-order valence-corrected chi connectivity index (χ2v) is 18.8. The Hall–Kier alpha value is -1.17. The average Bonchev–Trinajstić information content (AvgIpc) is 3.25. The molecule has 0 saturated heterocycles. The molecule has 1 amide bonds. The number of aliphatic hydroxyl groups excluding tert-OH is 3. The Kier molecular flexibility index (Phi) is 49.5. The van der Waals surface area contributed by atoms with Gasteiger partial charge >= 0.3 is 0 Å². The van der Waals surface area contributed by atoms with Crippen molar-refractivity contribution in [3.8, 4) is 0 Å². The van der Waals surface area contributed by atoms with Gasteiger partial charge in [-0.2, -0.15) is 0 Å². The first-order chi connectivity index (χ1) is 29.6. The van der Waals surface area contributed by atoms with Gasteiger partial charge in [-0.15, -0.1) is 0 Å². The predicted molar refractivity (Wildman–Crippen MR) is 264 cm³/mol. The van der Waals surface area contributed by atoms with Crippen molar-refractivity contribution in [3.63, 3.8) is 0 Å². The van der Waals surface area contributed by atoms with E-state index in [0.717, 1.165) is 44.9 Å². The highest BCUT2D eigenvalue weighted by Crippen LogP contribution is 2.17. The van der Waals surface area contributed by atoms with E-state index in [1.54, 1.807) is 0 Å². The summed E-state index contributed by atoms with van der Waals surface area (Å²) in [6.07, 6.45) is 63.3. The molecular formula is C55H107NO4. The Morgan fingerprint density at radius 2 is 0.683 bits per heavy atom. The van der Waals surface area contributed by atoms with E-state index in [1.165, 1.54) is 225 Å². The van der Waals surface area contributed by atoms with E-state index in [2.05, 4.69) is 43.5 Å². The Morgan fingerprint density at radius 3 is 1.02 bits per heavy atom. The summed E-state index contributed by atoms with van der Waals surface area (Å²) in [6.45, 7) is 4.20. The number of nitrogens with one attached hydrogen (secondary N) is 1. The summed E-state index contributed by atoms with van der Waals surface area (Å²) in [6, 6.07) is -0.830. The molecule has 0 aromatic rings. The van der Waals surface area contributed by atoms with Crippen molar-refractivity contribution in [2.75, 3.05) is 6.61 Å². The maximum atomic E-state index is 12.5. The van der Waals surface area contributed by atoms with Gasteiger partial charge in [0.15, 0.2) is 0 Å². The fourth-order valence-electron chi connectivity index (χ4n) is 8.59. The summed E-state index contributed by atoms with van der Waals surface area (Å²) in [7, 11) is 0. The molecule has 3 unspecified atom stereocenters. The zero-order chi connectivity index (χ0) is 43.7. The summed E-state index contributed by atoms with van der Waals surface area (Å²) >= 11 is 0. The van der Waals surface area contributed by atoms with E-state index < -0.39 is 18.2 Å². The van der Waals surface area contributed by atoms with Crippen LogP contribution in [0.15, 0.2) is 24.3 Å². The Bertz CT molecular complexity index is 890. The summed E-state index contributed by atoms with van der Waals surface area (Å²) in [5.41, 5.74) is 0. The highest BCUT2D eigenvalue weighted by molar-refractivity contribution is 5.76. The number of carbonyl (C=O) groups excluding carboxylic acids is 1. The van der Waals surface area contributed by atoms with Crippen LogP contribution in [0.25, 0.3) is 0 Å². The molecule has 0 fully saturated rings. The van der Waals surface area contributed by atoms with E-state index in [-0.39, 0.29) is 12.5 Å². The zero-order valence-electron chi connectivity index (χ0n) is 40.6. The number of allylic oxidation sites excluding steroid dienone is 4. The molecule has 0 aliphatic carbocycles. The third-order valence-corrected chi connectivity index (χ3v) is 12.8. The Morgan fingerprint density at radius 1 is 0.400 bits per heavy atom. The molecule has 0 aromatic heterocycles. The van der Waals surface area contributed by atoms with E-state index in [9.17, 15) is 20.1 Å². The second-order valence-electron chi connectivity index (χ2n) is 18.8. The molecule has 356 valence electrons. The summed E-state index contributed by atoms with van der Waals surface area (Å²) in [4.78, 5) is 12.5. The maximum Gasteiger partial charge on any atom is 0.220 e. The van der Waals surface area contributed by atoms with Crippen LogP contribution >= 0.6 is 0 Å². The SMILES string of the molecule is CCCCCCCCCCCCCCC/C=C/CC/C=C/CCCC(O)C(O)C(CO)NC(=O)CCCCCCCCCCCCCCCCCCCCCCCCCC. The van der Waals surface area contributed by atoms with Crippen LogP contribution in [0.3, 0.4) is 0 Å². The highest BCUT2D eigenvalue weighted by Gasteiger charge is 2.26. The van der Waals surface area contributed by atoms with Crippen molar-refractivity contribution < 1.29 is 20.1 Å². The number of rotatable bonds is 50. The van der Waals surface area contributed by atoms with E-state index in [1.807, 2.05) is 0 Å². The molecule has 0 aromatic carbocycles. The van der Waals surface area contributed by atoms with Crippen molar-refractivity contribution in [3.05, 3.63) is 24.3 Å². The minimum absolute atomic E-state index is 0.152. The molecule has 0 rings (SSSR count). The molecular weight excluding hydrogens is 739 g/mol. The quantitative estimate of drug-likeness (QED) is 0.0363. The van der Waals surface area contributed by atoms with Crippen LogP contribution in [0, 0.1) is 0 Å². The molecule has 5 heteroatoms. The lowest BCUT2D eigenvalue weighted by Crippen LogP contribution is -2.50. The summed E-state index contributed by atoms with van der Waals surface area (Å²) in [5, 5.41) is 33.7. The van der Waals surface area contributed by atoms with Gasteiger partial charge < -0.3 is 20.6 Å². The van der Waals surface area contributed by atoms with E-state index in [4.69, 9.17) is 0 Å². The van der Waals surface area contributed by atoms with Crippen LogP contribution in [0.5, 0.6) is 0 Å². The second kappa shape index (κ2) is 50.5. The number of aliphatic hydroxyl groups is 3. The molecule has 5 nitrogen and oxygen atoms in total. The van der Waals surface area contributed by atoms with Crippen LogP contribution in [0.1, 0.15) is 296 Å². The molecule has 0 aliphatic heterocycles. The number of hydrogen-bond acceptors (Lipinski definition) is 4. The van der Waals surface area contributed by atoms with Crippen molar-refractivity contribution in [1.82, 2.24) is 5.32 Å². The molecule has 3 atom stereocenters. The standard InChI is InChI=1S/C55H107NO4/c1-3-5-7-9-11-13-15-17-19-21-23-25-27-28-30-32-34-36-38-40-42-44-46-48-50-54(59)56-52(51-57)55(60)53(58)49-47-45-43-41-39-37-35-33-31-29-26-24-22-20-18-16-14-12-10-8-6-4-2/h33,35,41,43,52-53,55,57-58,60H,3-32,34,36-40,42,44-51H2,1-2H3,(H,56,59)/b35-33+,43-41+. The first-order valence-corrected chi connectivity index (χ1v) is 27.1. The van der Waals surface area contributed by atoms with Gasteiger partial charge in [0.2, 0.25) is 5.91 Å². The van der Waals surface area contributed by atoms with Crippen LogP contribution in [0.2, 0.25) is 0 Å². The van der Waals surface area contributed by atoms with Gasteiger partial charge in [0, 0.05) is 6.42 Å². The minimum atomic E-state index is -1.16. The molecule has 0 aliphatic rings. The van der Waals surface area contributed by atoms with Crippen LogP contribution in [-0.4, -0.2) is 46.1 Å². The fraction of sp³-hybridized carbons (Fsp3) is 0.909. The fourth-order valence-corrected chi connectivity index (χ4v) is 8.59. The van der Waals surface area contributed by atoms with Gasteiger partial charge in [-0.3, -0.25) is 4.79 Å². The van der Waals surface area contributed by atoms with Crippen molar-refractivity contribution in [2.24, 2.45) is 0 Å². The molecule has 0 radical (unpaired) electrons. The third-order valence-electron chi connectivity index (χ3n) is 12.8. The molecule has 0 bridgehead atoms. The number of carbonyl (C=O) groups is 1. The zero-order valence-corrected chi connectivity index (χ0v) is 40.6. The van der Waals surface area contributed by atoms with Crippen LogP contribution in [0.4, 0.5) is 0 Å². The van der Waals surface area contributed by atoms with Crippen LogP contribution < -0.4 is 5.32 Å². The third kappa shape index (κ3) is 44.9. The largest absolute Gasteiger partial charge is 0.394 e. The van der Waals surface area contributed by atoms with Gasteiger partial charge in [0.25, 0.3) is 0 Å². The first-order valence-electron chi connectivity index (χ1n) is 27.1. The van der Waals surface area contributed by atoms with Crippen molar-refractivity contribution >= 4 is 5.91 Å². The number of hydrogen-bond donors (Lipinski definition) is 4. The molecule has 0 heterocycles. The lowest BCUT2D eigenvalue weighted by atomic mass is 10.0. The van der Waals surface area contributed by atoms with Crippen molar-refractivity contribution in [2.45, 2.75) is 315 Å². The minimum Gasteiger partial charge on any atom is -0.394 e. The summed E-state index contributed by atoms with van der Waals surface area (Å²) < 4.78 is 0. The van der Waals surface area contributed by atoms with Gasteiger partial charge in [0.05, 0.1) is 18.8 Å². The first kappa shape index (κ1) is 58.8. The number of unbranched alkanes of at least 4 members (excludes halogenated alkanes) is 38. The van der Waals surface area contributed by atoms with E-state index in [0.29, 0.717) is 12.8 Å². The van der Waals surface area contributed by atoms with Crippen molar-refractivity contribution in [1.29, 1.82) is 0 Å². The monoisotopic (exact) mass is 846 g/mol. The maximum absolute atomic E-state index is 12.5. The van der Waals surface area contributed by atoms with Gasteiger partial charge in [-0.1, -0.05) is 263 Å². The average molecular weight is 846 g/mol. The molecule has 0 spiro atoms. The molecule has 0 saturated carbocycles. The lowest BCUT2D eigenvalue weighted by molar-refractivity contribution is -0.124. The Labute approximate surface area is 375 Å². The lowest BCUT2D eigenvalue weighted by Gasteiger charge is -2.26.